The van der Waals surface area contributed by atoms with E-state index in [-0.39, 0.29) is 17.3 Å². The molecule has 1 aromatic carbocycles. The number of alkyl halides is 3. The normalized spacial score (nSPS) is 21.4. The lowest BCUT2D eigenvalue weighted by Crippen LogP contribution is -2.37. The van der Waals surface area contributed by atoms with Gasteiger partial charge < -0.3 is 24.8 Å². The highest BCUT2D eigenvalue weighted by molar-refractivity contribution is 6.11. The van der Waals surface area contributed by atoms with Crippen LogP contribution >= 0.6 is 0 Å². The number of halogens is 4. The minimum absolute atomic E-state index is 0.0695. The monoisotopic (exact) mass is 575 g/mol. The number of likely N-dealkylation sites (N-methyl/N-ethyl adjacent to an activating group) is 1. The van der Waals surface area contributed by atoms with Gasteiger partial charge in [-0.2, -0.15) is 13.2 Å². The maximum absolute atomic E-state index is 15.6. The second-order valence-corrected chi connectivity index (χ2v) is 10.3. The van der Waals surface area contributed by atoms with Crippen LogP contribution in [0.5, 0.6) is 0 Å². The third kappa shape index (κ3) is 6.22. The highest BCUT2D eigenvalue weighted by Crippen LogP contribution is 2.38. The van der Waals surface area contributed by atoms with E-state index in [4.69, 9.17) is 4.74 Å². The summed E-state index contributed by atoms with van der Waals surface area (Å²) in [4.78, 5) is 42.7. The predicted molar refractivity (Wildman–Crippen MR) is 145 cm³/mol. The molecule has 2 fully saturated rings. The number of carbonyl (C=O) groups is 2. The van der Waals surface area contributed by atoms with Crippen LogP contribution in [0.25, 0.3) is 11.1 Å². The van der Waals surface area contributed by atoms with Crippen molar-refractivity contribution in [2.45, 2.75) is 18.6 Å². The maximum Gasteiger partial charge on any atom is 0.414 e. The molecule has 2 saturated heterocycles. The SMILES string of the molecule is CN(C)[C@@H]1CCN(c2cc(F)c(-c3cnc(N4CCOCC4)nc3)cc2NC(=O)C2C=NC(=O)C=C2C(F)(F)F)C1. The Labute approximate surface area is 233 Å². The Balaban J connectivity index is 1.49. The van der Waals surface area contributed by atoms with Crippen molar-refractivity contribution in [2.24, 2.45) is 10.9 Å². The minimum atomic E-state index is -4.92. The first-order valence-electron chi connectivity index (χ1n) is 13.1. The number of benzene rings is 1. The van der Waals surface area contributed by atoms with Crippen LogP contribution < -0.4 is 15.1 Å². The van der Waals surface area contributed by atoms with E-state index in [0.29, 0.717) is 68.9 Å². The molecule has 2 aromatic rings. The lowest BCUT2D eigenvalue weighted by atomic mass is 9.95. The number of nitrogens with one attached hydrogen (secondary N) is 1. The number of carbonyl (C=O) groups excluding carboxylic acids is 2. The van der Waals surface area contributed by atoms with Gasteiger partial charge in [0, 0.05) is 68.0 Å². The van der Waals surface area contributed by atoms with Crippen LogP contribution in [-0.4, -0.2) is 98.6 Å². The number of aliphatic imine (C=N–C) groups is 1. The fourth-order valence-corrected chi connectivity index (χ4v) is 5.08. The van der Waals surface area contributed by atoms with E-state index in [1.54, 1.807) is 0 Å². The molecular formula is C27H29F4N7O3. The summed E-state index contributed by atoms with van der Waals surface area (Å²) in [6, 6.07) is 2.80. The van der Waals surface area contributed by atoms with Gasteiger partial charge in [-0.1, -0.05) is 0 Å². The largest absolute Gasteiger partial charge is 0.414 e. The Morgan fingerprint density at radius 3 is 2.44 bits per heavy atom. The molecule has 2 amide bonds. The number of morpholine rings is 1. The summed E-state index contributed by atoms with van der Waals surface area (Å²) in [6.07, 6.45) is -0.225. The van der Waals surface area contributed by atoms with Gasteiger partial charge in [0.15, 0.2) is 0 Å². The minimum Gasteiger partial charge on any atom is -0.378 e. The van der Waals surface area contributed by atoms with Crippen LogP contribution in [0, 0.1) is 11.7 Å². The van der Waals surface area contributed by atoms with Crippen LogP contribution in [0.3, 0.4) is 0 Å². The van der Waals surface area contributed by atoms with Crippen molar-refractivity contribution in [2.75, 3.05) is 68.6 Å². The fraction of sp³-hybridized carbons (Fsp3) is 0.444. The van der Waals surface area contributed by atoms with E-state index >= 15 is 4.39 Å². The van der Waals surface area contributed by atoms with Crippen molar-refractivity contribution in [1.82, 2.24) is 14.9 Å². The summed E-state index contributed by atoms with van der Waals surface area (Å²) < 4.78 is 61.9. The number of dihydropyridines is 1. The van der Waals surface area contributed by atoms with Crippen molar-refractivity contribution in [3.63, 3.8) is 0 Å². The molecule has 3 aliphatic rings. The number of hydrogen-bond acceptors (Lipinski definition) is 8. The van der Waals surface area contributed by atoms with Crippen LogP contribution in [0.4, 0.5) is 34.9 Å². The van der Waals surface area contributed by atoms with E-state index in [1.807, 2.05) is 28.8 Å². The molecule has 5 rings (SSSR count). The van der Waals surface area contributed by atoms with Crippen LogP contribution in [0.15, 0.2) is 41.2 Å². The fourth-order valence-electron chi connectivity index (χ4n) is 5.08. The number of nitrogens with zero attached hydrogens (tertiary/aromatic N) is 6. The Hall–Kier alpha value is -3.91. The summed E-state index contributed by atoms with van der Waals surface area (Å²) in [5.74, 6) is -4.13. The molecule has 2 atom stereocenters. The van der Waals surface area contributed by atoms with Crippen molar-refractivity contribution in [3.05, 3.63) is 42.0 Å². The standard InChI is InChI=1S/C27H29F4N7O3/c1-36(2)17-3-4-38(15-17)23-11-21(28)18(16-12-33-26(34-13-16)37-5-7-41-8-6-37)9-22(23)35-25(40)19-14-32-24(39)10-20(19)27(29,30)31/h9-14,17,19H,3-8,15H2,1-2H3,(H,35,40)/t17-,19?/m1/s1. The van der Waals surface area contributed by atoms with Gasteiger partial charge in [-0.3, -0.25) is 9.59 Å². The Morgan fingerprint density at radius 2 is 1.80 bits per heavy atom. The number of ether oxygens (including phenoxy) is 1. The summed E-state index contributed by atoms with van der Waals surface area (Å²) in [7, 11) is 3.85. The zero-order valence-electron chi connectivity index (χ0n) is 22.5. The second kappa shape index (κ2) is 11.5. The van der Waals surface area contributed by atoms with Crippen LogP contribution in [-0.2, 0) is 14.3 Å². The third-order valence-electron chi connectivity index (χ3n) is 7.40. The van der Waals surface area contributed by atoms with Gasteiger partial charge in [-0.05, 0) is 32.6 Å². The van der Waals surface area contributed by atoms with E-state index in [9.17, 15) is 22.8 Å². The topological polar surface area (TPSA) is 103 Å². The van der Waals surface area contributed by atoms with Gasteiger partial charge in [0.2, 0.25) is 11.9 Å². The zero-order valence-corrected chi connectivity index (χ0v) is 22.5. The Morgan fingerprint density at radius 1 is 1.10 bits per heavy atom. The molecule has 0 spiro atoms. The van der Waals surface area contributed by atoms with Gasteiger partial charge in [-0.15, -0.1) is 0 Å². The molecule has 0 saturated carbocycles. The number of hydrogen-bond donors (Lipinski definition) is 1. The molecule has 1 unspecified atom stereocenters. The van der Waals surface area contributed by atoms with Gasteiger partial charge in [-0.25, -0.2) is 19.4 Å². The lowest BCUT2D eigenvalue weighted by Gasteiger charge is -2.27. The molecule has 0 aliphatic carbocycles. The number of anilines is 3. The van der Waals surface area contributed by atoms with E-state index in [2.05, 4.69) is 20.3 Å². The zero-order chi connectivity index (χ0) is 29.3. The van der Waals surface area contributed by atoms with Crippen molar-refractivity contribution < 1.29 is 31.9 Å². The molecule has 0 radical (unpaired) electrons. The first-order chi connectivity index (χ1) is 19.5. The van der Waals surface area contributed by atoms with Gasteiger partial charge in [0.05, 0.1) is 30.2 Å². The van der Waals surface area contributed by atoms with Crippen molar-refractivity contribution in [1.29, 1.82) is 0 Å². The quantitative estimate of drug-likeness (QED) is 0.525. The van der Waals surface area contributed by atoms with Gasteiger partial charge in [0.25, 0.3) is 5.91 Å². The first-order valence-corrected chi connectivity index (χ1v) is 13.1. The van der Waals surface area contributed by atoms with E-state index in [1.165, 1.54) is 24.5 Å². The number of amides is 2. The van der Waals surface area contributed by atoms with Crippen molar-refractivity contribution in [3.8, 4) is 11.1 Å². The summed E-state index contributed by atoms with van der Waals surface area (Å²) in [6.45, 7) is 3.40. The molecule has 4 heterocycles. The Kier molecular flexibility index (Phi) is 8.04. The molecule has 0 bridgehead atoms. The summed E-state index contributed by atoms with van der Waals surface area (Å²) in [5, 5.41) is 2.55. The molecule has 1 N–H and O–H groups in total. The molecule has 3 aliphatic heterocycles. The smallest absolute Gasteiger partial charge is 0.378 e. The summed E-state index contributed by atoms with van der Waals surface area (Å²) >= 11 is 0. The average molecular weight is 576 g/mol. The third-order valence-corrected chi connectivity index (χ3v) is 7.40. The Bertz CT molecular complexity index is 1370. The highest BCUT2D eigenvalue weighted by Gasteiger charge is 2.43. The molecular weight excluding hydrogens is 546 g/mol. The van der Waals surface area contributed by atoms with Gasteiger partial charge in [0.1, 0.15) is 11.7 Å². The van der Waals surface area contributed by atoms with E-state index in [0.717, 1.165) is 6.42 Å². The summed E-state index contributed by atoms with van der Waals surface area (Å²) in [5.41, 5.74) is -0.472. The highest BCUT2D eigenvalue weighted by atomic mass is 19.4. The van der Waals surface area contributed by atoms with Crippen LogP contribution in [0.2, 0.25) is 0 Å². The second-order valence-electron chi connectivity index (χ2n) is 10.3. The molecule has 10 nitrogen and oxygen atoms in total. The average Bonchev–Trinajstić information content (AvgIpc) is 3.44. The first kappa shape index (κ1) is 28.6. The maximum atomic E-state index is 15.6. The predicted octanol–water partition coefficient (Wildman–Crippen LogP) is 2.91. The van der Waals surface area contributed by atoms with Gasteiger partial charge >= 0.3 is 6.18 Å². The number of aromatic nitrogens is 2. The molecule has 218 valence electrons. The number of rotatable bonds is 6. The molecule has 1 aromatic heterocycles. The molecule has 41 heavy (non-hydrogen) atoms. The van der Waals surface area contributed by atoms with Crippen molar-refractivity contribution >= 4 is 35.4 Å². The van der Waals surface area contributed by atoms with Crippen LogP contribution in [0.1, 0.15) is 6.42 Å². The lowest BCUT2D eigenvalue weighted by molar-refractivity contribution is -0.124. The van der Waals surface area contributed by atoms with E-state index < -0.39 is 35.3 Å². The molecule has 14 heteroatoms.